The van der Waals surface area contributed by atoms with Crippen LogP contribution in [0.3, 0.4) is 0 Å². The van der Waals surface area contributed by atoms with Crippen molar-refractivity contribution in [3.63, 3.8) is 0 Å². The summed E-state index contributed by atoms with van der Waals surface area (Å²) in [6.45, 7) is 1.91. The number of hydrogen-bond donors (Lipinski definition) is 2. The molecule has 0 bridgehead atoms. The van der Waals surface area contributed by atoms with Gasteiger partial charge in [-0.1, -0.05) is 29.4 Å². The van der Waals surface area contributed by atoms with Gasteiger partial charge in [0.25, 0.3) is 0 Å². The average molecular weight is 388 g/mol. The monoisotopic (exact) mass is 387 g/mol. The van der Waals surface area contributed by atoms with Crippen molar-refractivity contribution in [3.8, 4) is 11.4 Å². The number of carbonyl (C=O) groups excluding carboxylic acids is 1. The smallest absolute Gasteiger partial charge is 0.234 e. The van der Waals surface area contributed by atoms with E-state index in [9.17, 15) is 4.79 Å². The molecule has 1 heterocycles. The first-order chi connectivity index (χ1) is 12.4. The number of hydrogen-bond acceptors (Lipinski definition) is 5. The topological polar surface area (TPSA) is 85.8 Å². The normalized spacial score (nSPS) is 10.7. The van der Waals surface area contributed by atoms with Crippen molar-refractivity contribution in [3.05, 3.63) is 53.1 Å². The number of amides is 1. The molecule has 0 atom stereocenters. The molecule has 0 unspecified atom stereocenters. The summed E-state index contributed by atoms with van der Waals surface area (Å²) >= 11 is 7.40. The van der Waals surface area contributed by atoms with Gasteiger partial charge in [-0.25, -0.2) is 0 Å². The number of nitrogens with zero attached hydrogens (tertiary/aromatic N) is 3. The molecule has 8 heteroatoms. The zero-order chi connectivity index (χ0) is 18.7. The average Bonchev–Trinajstić information content (AvgIpc) is 2.98. The van der Waals surface area contributed by atoms with Crippen LogP contribution in [0.1, 0.15) is 5.56 Å². The molecule has 3 N–H and O–H groups in total. The van der Waals surface area contributed by atoms with Crippen LogP contribution in [0.15, 0.2) is 47.6 Å². The minimum Gasteiger partial charge on any atom is -0.399 e. The Morgan fingerprint density at radius 1 is 1.23 bits per heavy atom. The molecular weight excluding hydrogens is 370 g/mol. The highest BCUT2D eigenvalue weighted by atomic mass is 35.5. The number of carbonyl (C=O) groups is 1. The predicted molar refractivity (Wildman–Crippen MR) is 106 cm³/mol. The molecule has 3 rings (SSSR count). The highest BCUT2D eigenvalue weighted by Gasteiger charge is 2.13. The van der Waals surface area contributed by atoms with Gasteiger partial charge in [0.15, 0.2) is 11.0 Å². The van der Waals surface area contributed by atoms with Crippen molar-refractivity contribution in [1.29, 1.82) is 0 Å². The maximum Gasteiger partial charge on any atom is 0.234 e. The number of aromatic nitrogens is 3. The Hall–Kier alpha value is -2.51. The standard InChI is InChI=1S/C18H18ClN5OS/c1-11-3-8-14(9-15(11)19)21-16(25)10-26-18-23-22-17(24(18)2)12-4-6-13(20)7-5-12/h3-9H,10,20H2,1-2H3,(H,21,25). The number of benzene rings is 2. The summed E-state index contributed by atoms with van der Waals surface area (Å²) in [6.07, 6.45) is 0. The maximum absolute atomic E-state index is 12.2. The van der Waals surface area contributed by atoms with Crippen LogP contribution in [0.5, 0.6) is 0 Å². The number of nitrogen functional groups attached to an aromatic ring is 1. The quantitative estimate of drug-likeness (QED) is 0.514. The molecule has 0 aliphatic rings. The molecule has 2 aromatic carbocycles. The summed E-state index contributed by atoms with van der Waals surface area (Å²) in [5.74, 6) is 0.810. The van der Waals surface area contributed by atoms with Crippen molar-refractivity contribution in [1.82, 2.24) is 14.8 Å². The SMILES string of the molecule is Cc1ccc(NC(=O)CSc2nnc(-c3ccc(N)cc3)n2C)cc1Cl. The summed E-state index contributed by atoms with van der Waals surface area (Å²) in [4.78, 5) is 12.2. The fourth-order valence-corrected chi connectivity index (χ4v) is 3.21. The Balaban J connectivity index is 1.63. The lowest BCUT2D eigenvalue weighted by Gasteiger charge is -2.07. The van der Waals surface area contributed by atoms with Gasteiger partial charge in [-0.05, 0) is 48.9 Å². The number of nitrogens with two attached hydrogens (primary N) is 1. The Morgan fingerprint density at radius 2 is 1.96 bits per heavy atom. The number of rotatable bonds is 5. The lowest BCUT2D eigenvalue weighted by Crippen LogP contribution is -2.14. The molecule has 0 aliphatic heterocycles. The lowest BCUT2D eigenvalue weighted by atomic mass is 10.2. The zero-order valence-electron chi connectivity index (χ0n) is 14.4. The summed E-state index contributed by atoms with van der Waals surface area (Å²) in [5.41, 5.74) is 8.96. The predicted octanol–water partition coefficient (Wildman–Crippen LogP) is 3.76. The van der Waals surface area contributed by atoms with Gasteiger partial charge >= 0.3 is 0 Å². The van der Waals surface area contributed by atoms with E-state index in [1.165, 1.54) is 11.8 Å². The van der Waals surface area contributed by atoms with Crippen molar-refractivity contribution < 1.29 is 4.79 Å². The second kappa shape index (κ2) is 7.80. The first-order valence-electron chi connectivity index (χ1n) is 7.88. The van der Waals surface area contributed by atoms with Crippen LogP contribution in [-0.2, 0) is 11.8 Å². The van der Waals surface area contributed by atoms with E-state index in [0.717, 1.165) is 17.0 Å². The number of halogens is 1. The summed E-state index contributed by atoms with van der Waals surface area (Å²) in [6, 6.07) is 12.8. The molecule has 1 amide bonds. The Morgan fingerprint density at radius 3 is 2.65 bits per heavy atom. The van der Waals surface area contributed by atoms with Crippen LogP contribution in [0, 0.1) is 6.92 Å². The van der Waals surface area contributed by atoms with Gasteiger partial charge in [0.05, 0.1) is 5.75 Å². The third-order valence-electron chi connectivity index (χ3n) is 3.79. The summed E-state index contributed by atoms with van der Waals surface area (Å²) in [5, 5.41) is 12.5. The Labute approximate surface area is 160 Å². The fourth-order valence-electron chi connectivity index (χ4n) is 2.32. The number of aryl methyl sites for hydroxylation is 1. The second-order valence-electron chi connectivity index (χ2n) is 5.79. The summed E-state index contributed by atoms with van der Waals surface area (Å²) < 4.78 is 1.85. The minimum atomic E-state index is -0.132. The molecule has 1 aromatic heterocycles. The molecule has 6 nitrogen and oxygen atoms in total. The first kappa shape index (κ1) is 18.3. The van der Waals surface area contributed by atoms with Crippen LogP contribution in [-0.4, -0.2) is 26.4 Å². The van der Waals surface area contributed by atoms with Gasteiger partial charge in [-0.15, -0.1) is 10.2 Å². The van der Waals surface area contributed by atoms with Crippen LogP contribution >= 0.6 is 23.4 Å². The molecule has 0 radical (unpaired) electrons. The van der Waals surface area contributed by atoms with Gasteiger partial charge in [-0.2, -0.15) is 0 Å². The molecule has 0 saturated carbocycles. The van der Waals surface area contributed by atoms with E-state index in [4.69, 9.17) is 17.3 Å². The van der Waals surface area contributed by atoms with Crippen molar-refractivity contribution in [2.24, 2.45) is 7.05 Å². The largest absolute Gasteiger partial charge is 0.399 e. The van der Waals surface area contributed by atoms with Crippen molar-refractivity contribution in [2.75, 3.05) is 16.8 Å². The van der Waals surface area contributed by atoms with E-state index in [-0.39, 0.29) is 11.7 Å². The van der Waals surface area contributed by atoms with Crippen molar-refractivity contribution >= 4 is 40.6 Å². The highest BCUT2D eigenvalue weighted by Crippen LogP contribution is 2.24. The van der Waals surface area contributed by atoms with E-state index in [2.05, 4.69) is 15.5 Å². The van der Waals surface area contributed by atoms with Gasteiger partial charge in [0, 0.05) is 29.0 Å². The van der Waals surface area contributed by atoms with E-state index in [1.807, 2.05) is 54.9 Å². The molecule has 0 spiro atoms. The lowest BCUT2D eigenvalue weighted by molar-refractivity contribution is -0.113. The number of nitrogens with one attached hydrogen (secondary N) is 1. The first-order valence-corrected chi connectivity index (χ1v) is 9.24. The summed E-state index contributed by atoms with van der Waals surface area (Å²) in [7, 11) is 1.87. The molecule has 26 heavy (non-hydrogen) atoms. The number of thioether (sulfide) groups is 1. The van der Waals surface area contributed by atoms with Gasteiger partial charge < -0.3 is 15.6 Å². The van der Waals surface area contributed by atoms with Crippen LogP contribution in [0.25, 0.3) is 11.4 Å². The fraction of sp³-hybridized carbons (Fsp3) is 0.167. The van der Waals surface area contributed by atoms with E-state index >= 15 is 0 Å². The second-order valence-corrected chi connectivity index (χ2v) is 7.14. The minimum absolute atomic E-state index is 0.132. The Bertz CT molecular complexity index is 939. The van der Waals surface area contributed by atoms with Crippen LogP contribution in [0.4, 0.5) is 11.4 Å². The molecule has 0 fully saturated rings. The molecule has 134 valence electrons. The molecule has 3 aromatic rings. The maximum atomic E-state index is 12.2. The number of anilines is 2. The van der Waals surface area contributed by atoms with Gasteiger partial charge in [0.1, 0.15) is 0 Å². The van der Waals surface area contributed by atoms with Gasteiger partial charge in [-0.3, -0.25) is 4.79 Å². The van der Waals surface area contributed by atoms with Crippen LogP contribution in [0.2, 0.25) is 5.02 Å². The van der Waals surface area contributed by atoms with E-state index in [0.29, 0.717) is 21.6 Å². The third-order valence-corrected chi connectivity index (χ3v) is 5.22. The Kier molecular flexibility index (Phi) is 5.49. The highest BCUT2D eigenvalue weighted by molar-refractivity contribution is 7.99. The molecular formula is C18H18ClN5OS. The van der Waals surface area contributed by atoms with E-state index < -0.39 is 0 Å². The van der Waals surface area contributed by atoms with E-state index in [1.54, 1.807) is 6.07 Å². The van der Waals surface area contributed by atoms with Crippen molar-refractivity contribution in [2.45, 2.75) is 12.1 Å². The zero-order valence-corrected chi connectivity index (χ0v) is 15.9. The van der Waals surface area contributed by atoms with Gasteiger partial charge in [0.2, 0.25) is 5.91 Å². The van der Waals surface area contributed by atoms with Crippen LogP contribution < -0.4 is 11.1 Å². The third kappa shape index (κ3) is 4.17. The molecule has 0 aliphatic carbocycles. The molecule has 0 saturated heterocycles.